The highest BCUT2D eigenvalue weighted by Gasteiger charge is 2.10. The molecule has 0 saturated heterocycles. The number of nitrogens with zero attached hydrogens (tertiary/aromatic N) is 2. The van der Waals surface area contributed by atoms with E-state index in [2.05, 4.69) is 36.4 Å². The first kappa shape index (κ1) is 17.7. The largest absolute Gasteiger partial charge is 0.351 e. The molecular formula is C18H17BrN4OS. The number of H-pyrrole nitrogens is 1. The zero-order chi connectivity index (χ0) is 17.6. The number of amides is 1. The molecule has 128 valence electrons. The van der Waals surface area contributed by atoms with Gasteiger partial charge in [-0.1, -0.05) is 75.7 Å². The van der Waals surface area contributed by atoms with Gasteiger partial charge >= 0.3 is 0 Å². The predicted molar refractivity (Wildman–Crippen MR) is 103 cm³/mol. The first-order valence-electron chi connectivity index (χ1n) is 7.74. The van der Waals surface area contributed by atoms with Gasteiger partial charge in [0, 0.05) is 16.6 Å². The Bertz CT molecular complexity index is 864. The van der Waals surface area contributed by atoms with Crippen molar-refractivity contribution in [3.8, 4) is 11.4 Å². The van der Waals surface area contributed by atoms with Gasteiger partial charge in [0.25, 0.3) is 0 Å². The van der Waals surface area contributed by atoms with Crippen molar-refractivity contribution in [2.24, 2.45) is 0 Å². The first-order valence-corrected chi connectivity index (χ1v) is 9.52. The summed E-state index contributed by atoms with van der Waals surface area (Å²) in [5.41, 5.74) is 3.22. The van der Waals surface area contributed by atoms with Crippen molar-refractivity contribution < 1.29 is 4.79 Å². The van der Waals surface area contributed by atoms with Crippen LogP contribution in [0.25, 0.3) is 11.4 Å². The van der Waals surface area contributed by atoms with Crippen LogP contribution in [0.15, 0.2) is 58.2 Å². The average molecular weight is 417 g/mol. The third-order valence-corrected chi connectivity index (χ3v) is 5.08. The Morgan fingerprint density at radius 3 is 2.72 bits per heavy atom. The van der Waals surface area contributed by atoms with Crippen molar-refractivity contribution in [2.45, 2.75) is 18.6 Å². The van der Waals surface area contributed by atoms with Gasteiger partial charge in [-0.25, -0.2) is 4.98 Å². The lowest BCUT2D eigenvalue weighted by atomic mass is 10.1. The molecule has 0 spiro atoms. The van der Waals surface area contributed by atoms with Gasteiger partial charge in [-0.15, -0.1) is 5.10 Å². The second-order valence-electron chi connectivity index (χ2n) is 5.50. The molecule has 0 atom stereocenters. The number of benzene rings is 2. The Labute approximate surface area is 158 Å². The lowest BCUT2D eigenvalue weighted by Gasteiger charge is -2.04. The molecule has 0 radical (unpaired) electrons. The van der Waals surface area contributed by atoms with Gasteiger partial charge in [-0.2, -0.15) is 0 Å². The maximum absolute atomic E-state index is 12.0. The van der Waals surface area contributed by atoms with E-state index in [1.165, 1.54) is 17.3 Å². The van der Waals surface area contributed by atoms with Crippen LogP contribution in [-0.2, 0) is 11.3 Å². The van der Waals surface area contributed by atoms with E-state index < -0.39 is 0 Å². The van der Waals surface area contributed by atoms with Gasteiger partial charge in [-0.05, 0) is 18.6 Å². The van der Waals surface area contributed by atoms with E-state index in [-0.39, 0.29) is 11.7 Å². The number of carbonyl (C=O) groups is 1. The monoisotopic (exact) mass is 416 g/mol. The fraction of sp³-hybridized carbons (Fsp3) is 0.167. The van der Waals surface area contributed by atoms with Gasteiger partial charge in [0.05, 0.1) is 5.75 Å². The molecule has 0 aliphatic heterocycles. The zero-order valence-electron chi connectivity index (χ0n) is 13.6. The maximum atomic E-state index is 12.0. The van der Waals surface area contributed by atoms with Crippen molar-refractivity contribution in [1.29, 1.82) is 0 Å². The molecule has 0 aliphatic rings. The SMILES string of the molecule is Cc1ccc(CNC(=O)CSc2n[nH]c(-c3ccccc3Br)n2)cc1. The van der Waals surface area contributed by atoms with Gasteiger partial charge < -0.3 is 5.32 Å². The van der Waals surface area contributed by atoms with Crippen molar-refractivity contribution >= 4 is 33.6 Å². The maximum Gasteiger partial charge on any atom is 0.230 e. The summed E-state index contributed by atoms with van der Waals surface area (Å²) in [5, 5.41) is 10.5. The molecule has 2 aromatic carbocycles. The lowest BCUT2D eigenvalue weighted by Crippen LogP contribution is -2.24. The van der Waals surface area contributed by atoms with Crippen LogP contribution in [0.5, 0.6) is 0 Å². The summed E-state index contributed by atoms with van der Waals surface area (Å²) >= 11 is 4.80. The van der Waals surface area contributed by atoms with Crippen LogP contribution in [0.1, 0.15) is 11.1 Å². The molecule has 2 N–H and O–H groups in total. The fourth-order valence-electron chi connectivity index (χ4n) is 2.17. The van der Waals surface area contributed by atoms with E-state index in [0.29, 0.717) is 17.5 Å². The molecule has 1 heterocycles. The Kier molecular flexibility index (Phi) is 5.88. The van der Waals surface area contributed by atoms with Gasteiger partial charge in [0.15, 0.2) is 5.82 Å². The van der Waals surface area contributed by atoms with Gasteiger partial charge in [0.2, 0.25) is 11.1 Å². The molecule has 3 rings (SSSR count). The minimum atomic E-state index is -0.0437. The van der Waals surface area contributed by atoms with E-state index in [1.807, 2.05) is 55.5 Å². The average Bonchev–Trinajstić information content (AvgIpc) is 3.08. The molecule has 1 amide bonds. The fourth-order valence-corrected chi connectivity index (χ4v) is 3.27. The van der Waals surface area contributed by atoms with E-state index in [0.717, 1.165) is 15.6 Å². The van der Waals surface area contributed by atoms with Crippen LogP contribution in [0, 0.1) is 6.92 Å². The number of nitrogens with one attached hydrogen (secondary N) is 2. The number of aryl methyl sites for hydroxylation is 1. The number of rotatable bonds is 6. The standard InChI is InChI=1S/C18H17BrN4OS/c1-12-6-8-13(9-7-12)10-20-16(24)11-25-18-21-17(22-23-18)14-4-2-3-5-15(14)19/h2-9H,10-11H2,1H3,(H,20,24)(H,21,22,23). The summed E-state index contributed by atoms with van der Waals surface area (Å²) in [5.74, 6) is 0.909. The van der Waals surface area contributed by atoms with Crippen LogP contribution < -0.4 is 5.32 Å². The molecule has 0 saturated carbocycles. The van der Waals surface area contributed by atoms with Crippen molar-refractivity contribution in [2.75, 3.05) is 5.75 Å². The number of aromatic nitrogens is 3. The van der Waals surface area contributed by atoms with Crippen molar-refractivity contribution in [1.82, 2.24) is 20.5 Å². The topological polar surface area (TPSA) is 70.7 Å². The normalized spacial score (nSPS) is 10.6. The van der Waals surface area contributed by atoms with Crippen LogP contribution >= 0.6 is 27.7 Å². The summed E-state index contributed by atoms with van der Waals surface area (Å²) in [6.45, 7) is 2.56. The van der Waals surface area contributed by atoms with Crippen LogP contribution in [0.4, 0.5) is 0 Å². The number of carbonyl (C=O) groups excluding carboxylic acids is 1. The quantitative estimate of drug-likeness (QED) is 0.596. The second-order valence-corrected chi connectivity index (χ2v) is 7.29. The minimum Gasteiger partial charge on any atom is -0.351 e. The second kappa shape index (κ2) is 8.31. The van der Waals surface area contributed by atoms with Crippen LogP contribution in [-0.4, -0.2) is 26.8 Å². The highest BCUT2D eigenvalue weighted by atomic mass is 79.9. The highest BCUT2D eigenvalue weighted by Crippen LogP contribution is 2.26. The number of hydrogen-bond donors (Lipinski definition) is 2. The Morgan fingerprint density at radius 2 is 1.96 bits per heavy atom. The summed E-state index contributed by atoms with van der Waals surface area (Å²) in [6.07, 6.45) is 0. The number of halogens is 1. The number of hydrogen-bond acceptors (Lipinski definition) is 4. The number of aromatic amines is 1. The Balaban J connectivity index is 1.51. The van der Waals surface area contributed by atoms with E-state index in [1.54, 1.807) is 0 Å². The van der Waals surface area contributed by atoms with E-state index in [9.17, 15) is 4.79 Å². The van der Waals surface area contributed by atoms with Crippen LogP contribution in [0.3, 0.4) is 0 Å². The van der Waals surface area contributed by atoms with Crippen molar-refractivity contribution in [3.05, 3.63) is 64.1 Å². The minimum absolute atomic E-state index is 0.0437. The molecule has 1 aromatic heterocycles. The third kappa shape index (κ3) is 4.93. The summed E-state index contributed by atoms with van der Waals surface area (Å²) in [4.78, 5) is 16.4. The number of thioether (sulfide) groups is 1. The summed E-state index contributed by atoms with van der Waals surface area (Å²) < 4.78 is 0.943. The smallest absolute Gasteiger partial charge is 0.230 e. The predicted octanol–water partition coefficient (Wildman–Crippen LogP) is 3.95. The summed E-state index contributed by atoms with van der Waals surface area (Å²) in [7, 11) is 0. The van der Waals surface area contributed by atoms with Gasteiger partial charge in [0.1, 0.15) is 0 Å². The molecule has 0 aliphatic carbocycles. The van der Waals surface area contributed by atoms with Crippen LogP contribution in [0.2, 0.25) is 0 Å². The Hall–Kier alpha value is -2.12. The molecule has 7 heteroatoms. The molecule has 0 unspecified atom stereocenters. The summed E-state index contributed by atoms with van der Waals surface area (Å²) in [6, 6.07) is 15.9. The van der Waals surface area contributed by atoms with Crippen molar-refractivity contribution in [3.63, 3.8) is 0 Å². The highest BCUT2D eigenvalue weighted by molar-refractivity contribution is 9.10. The Morgan fingerprint density at radius 1 is 1.20 bits per heavy atom. The molecular weight excluding hydrogens is 400 g/mol. The zero-order valence-corrected chi connectivity index (χ0v) is 16.0. The molecule has 25 heavy (non-hydrogen) atoms. The van der Waals surface area contributed by atoms with Gasteiger partial charge in [-0.3, -0.25) is 9.89 Å². The molecule has 5 nitrogen and oxygen atoms in total. The third-order valence-electron chi connectivity index (χ3n) is 3.54. The molecule has 0 fully saturated rings. The van der Waals surface area contributed by atoms with E-state index in [4.69, 9.17) is 0 Å². The van der Waals surface area contributed by atoms with E-state index >= 15 is 0 Å². The first-order chi connectivity index (χ1) is 12.1. The molecule has 3 aromatic rings. The lowest BCUT2D eigenvalue weighted by molar-refractivity contribution is -0.118. The molecule has 0 bridgehead atoms.